The van der Waals surface area contributed by atoms with Gasteiger partial charge in [0.25, 0.3) is 5.91 Å². The molecule has 3 aromatic heterocycles. The van der Waals surface area contributed by atoms with E-state index in [1.54, 1.807) is 14.2 Å². The Bertz CT molecular complexity index is 1360. The van der Waals surface area contributed by atoms with E-state index < -0.39 is 0 Å². The number of nitrogens with zero attached hydrogens (tertiary/aromatic N) is 2. The number of ether oxygens (including phenoxy) is 2. The minimum absolute atomic E-state index is 0.263. The molecule has 176 valence electrons. The van der Waals surface area contributed by atoms with E-state index in [1.807, 2.05) is 23.6 Å². The monoisotopic (exact) mass is 494 g/mol. The van der Waals surface area contributed by atoms with Crippen molar-refractivity contribution < 1.29 is 14.3 Å². The Morgan fingerprint density at radius 3 is 2.62 bits per heavy atom. The Hall–Kier alpha value is -3.17. The lowest BCUT2D eigenvalue weighted by molar-refractivity contribution is 0.103. The molecule has 1 aromatic carbocycles. The van der Waals surface area contributed by atoms with Crippen LogP contribution in [-0.2, 0) is 12.8 Å². The lowest BCUT2D eigenvalue weighted by Crippen LogP contribution is -2.11. The summed E-state index contributed by atoms with van der Waals surface area (Å²) in [6, 6.07) is 7.75. The van der Waals surface area contributed by atoms with Crippen LogP contribution in [0.5, 0.6) is 11.5 Å². The van der Waals surface area contributed by atoms with Crippen LogP contribution in [0, 0.1) is 0 Å². The van der Waals surface area contributed by atoms with Gasteiger partial charge in [0.1, 0.15) is 9.71 Å². The van der Waals surface area contributed by atoms with Crippen molar-refractivity contribution >= 4 is 49.6 Å². The molecule has 34 heavy (non-hydrogen) atoms. The van der Waals surface area contributed by atoms with E-state index in [0.717, 1.165) is 46.4 Å². The van der Waals surface area contributed by atoms with Crippen molar-refractivity contribution in [3.8, 4) is 22.8 Å². The highest BCUT2D eigenvalue weighted by molar-refractivity contribution is 7.21. The Kier molecular flexibility index (Phi) is 6.38. The number of hydrogen-bond acceptors (Lipinski definition) is 8. The molecule has 0 spiro atoms. The van der Waals surface area contributed by atoms with Crippen molar-refractivity contribution in [2.24, 2.45) is 0 Å². The summed E-state index contributed by atoms with van der Waals surface area (Å²) in [5.41, 5.74) is 10.9. The summed E-state index contributed by atoms with van der Waals surface area (Å²) < 4.78 is 10.7. The molecule has 0 saturated carbocycles. The first kappa shape index (κ1) is 22.6. The highest BCUT2D eigenvalue weighted by Crippen LogP contribution is 2.37. The average Bonchev–Trinajstić information content (AvgIpc) is 3.43. The van der Waals surface area contributed by atoms with Crippen LogP contribution in [0.3, 0.4) is 0 Å². The summed E-state index contributed by atoms with van der Waals surface area (Å²) in [6.45, 7) is 0. The molecular formula is C25H26N4O3S2. The number of fused-ring (bicyclic) bond motifs is 2. The minimum Gasteiger partial charge on any atom is -0.493 e. The Morgan fingerprint density at radius 2 is 1.82 bits per heavy atom. The number of hydrogen-bond donors (Lipinski definition) is 2. The number of carbonyl (C=O) groups excluding carboxylic acids is 1. The number of aromatic nitrogens is 2. The zero-order chi connectivity index (χ0) is 23.7. The molecule has 4 aromatic rings. The fourth-order valence-corrected chi connectivity index (χ4v) is 6.00. The summed E-state index contributed by atoms with van der Waals surface area (Å²) in [5, 5.41) is 6.18. The number of thiazole rings is 1. The molecule has 9 heteroatoms. The third-order valence-electron chi connectivity index (χ3n) is 6.11. The zero-order valence-corrected chi connectivity index (χ0v) is 20.8. The van der Waals surface area contributed by atoms with Crippen molar-refractivity contribution in [3.05, 3.63) is 45.8 Å². The van der Waals surface area contributed by atoms with Crippen LogP contribution in [0.25, 0.3) is 21.5 Å². The lowest BCUT2D eigenvalue weighted by atomic mass is 9.96. The van der Waals surface area contributed by atoms with Crippen molar-refractivity contribution in [2.75, 3.05) is 25.3 Å². The SMILES string of the molecule is COc1ccc(-c2csc(NC(=O)c3sc4nc5c(cc4c3N)CCCCCC5)n2)cc1OC. The van der Waals surface area contributed by atoms with Crippen LogP contribution in [0.2, 0.25) is 0 Å². The molecule has 0 aliphatic heterocycles. The molecule has 0 saturated heterocycles. The van der Waals surface area contributed by atoms with Gasteiger partial charge in [-0.05, 0) is 55.5 Å². The van der Waals surface area contributed by atoms with E-state index in [-0.39, 0.29) is 5.91 Å². The van der Waals surface area contributed by atoms with Crippen molar-refractivity contribution in [2.45, 2.75) is 38.5 Å². The fourth-order valence-electron chi connectivity index (χ4n) is 4.29. The van der Waals surface area contributed by atoms with E-state index in [1.165, 1.54) is 47.5 Å². The quantitative estimate of drug-likeness (QED) is 0.357. The molecule has 7 nitrogen and oxygen atoms in total. The minimum atomic E-state index is -0.263. The van der Waals surface area contributed by atoms with Gasteiger partial charge < -0.3 is 15.2 Å². The zero-order valence-electron chi connectivity index (χ0n) is 19.1. The highest BCUT2D eigenvalue weighted by atomic mass is 32.1. The highest BCUT2D eigenvalue weighted by Gasteiger charge is 2.21. The smallest absolute Gasteiger partial charge is 0.269 e. The molecule has 1 aliphatic rings. The Balaban J connectivity index is 1.39. The van der Waals surface area contributed by atoms with E-state index in [2.05, 4.69) is 16.4 Å². The second-order valence-electron chi connectivity index (χ2n) is 8.27. The molecular weight excluding hydrogens is 468 g/mol. The molecule has 3 heterocycles. The first-order chi connectivity index (χ1) is 16.6. The maximum absolute atomic E-state index is 13.1. The molecule has 0 bridgehead atoms. The number of nitrogens with two attached hydrogens (primary N) is 1. The number of aryl methyl sites for hydroxylation is 2. The molecule has 5 rings (SSSR count). The Labute approximate surface area is 206 Å². The first-order valence-electron chi connectivity index (χ1n) is 11.3. The topological polar surface area (TPSA) is 99.4 Å². The predicted octanol–water partition coefficient (Wildman–Crippen LogP) is 5.93. The van der Waals surface area contributed by atoms with Gasteiger partial charge in [-0.15, -0.1) is 22.7 Å². The number of thiophene rings is 1. The number of amides is 1. The van der Waals surface area contributed by atoms with E-state index >= 15 is 0 Å². The van der Waals surface area contributed by atoms with Crippen molar-refractivity contribution in [3.63, 3.8) is 0 Å². The summed E-state index contributed by atoms with van der Waals surface area (Å²) >= 11 is 2.71. The van der Waals surface area contributed by atoms with Crippen molar-refractivity contribution in [1.82, 2.24) is 9.97 Å². The number of anilines is 2. The van der Waals surface area contributed by atoms with Gasteiger partial charge >= 0.3 is 0 Å². The summed E-state index contributed by atoms with van der Waals surface area (Å²) in [6.07, 6.45) is 6.84. The van der Waals surface area contributed by atoms with E-state index in [4.69, 9.17) is 20.2 Å². The molecule has 0 unspecified atom stereocenters. The molecule has 1 aliphatic carbocycles. The first-order valence-corrected chi connectivity index (χ1v) is 13.0. The second-order valence-corrected chi connectivity index (χ2v) is 10.1. The number of benzene rings is 1. The number of methoxy groups -OCH3 is 2. The maximum atomic E-state index is 13.1. The van der Waals surface area contributed by atoms with Gasteiger partial charge in [-0.1, -0.05) is 12.8 Å². The van der Waals surface area contributed by atoms with Gasteiger partial charge in [0.2, 0.25) is 0 Å². The van der Waals surface area contributed by atoms with Gasteiger partial charge in [0.15, 0.2) is 16.6 Å². The van der Waals surface area contributed by atoms with Crippen LogP contribution in [0.15, 0.2) is 29.6 Å². The maximum Gasteiger partial charge on any atom is 0.269 e. The molecule has 0 fully saturated rings. The third-order valence-corrected chi connectivity index (χ3v) is 7.98. The van der Waals surface area contributed by atoms with Crippen LogP contribution in [0.4, 0.5) is 10.8 Å². The van der Waals surface area contributed by atoms with E-state index in [9.17, 15) is 4.79 Å². The predicted molar refractivity (Wildman–Crippen MR) is 139 cm³/mol. The second kappa shape index (κ2) is 9.60. The summed E-state index contributed by atoms with van der Waals surface area (Å²) in [7, 11) is 3.19. The molecule has 0 radical (unpaired) electrons. The number of pyridine rings is 1. The summed E-state index contributed by atoms with van der Waals surface area (Å²) in [4.78, 5) is 23.9. The van der Waals surface area contributed by atoms with Crippen LogP contribution in [0.1, 0.15) is 46.6 Å². The van der Waals surface area contributed by atoms with Gasteiger partial charge in [-0.3, -0.25) is 10.1 Å². The van der Waals surface area contributed by atoms with Crippen molar-refractivity contribution in [1.29, 1.82) is 0 Å². The van der Waals surface area contributed by atoms with Gasteiger partial charge in [-0.2, -0.15) is 0 Å². The molecule has 1 amide bonds. The number of nitrogens with one attached hydrogen (secondary N) is 1. The van der Waals surface area contributed by atoms with Crippen LogP contribution >= 0.6 is 22.7 Å². The van der Waals surface area contributed by atoms with Crippen LogP contribution in [-0.4, -0.2) is 30.1 Å². The van der Waals surface area contributed by atoms with Crippen LogP contribution < -0.4 is 20.5 Å². The average molecular weight is 495 g/mol. The van der Waals surface area contributed by atoms with E-state index in [0.29, 0.717) is 27.2 Å². The third kappa shape index (κ3) is 4.33. The number of nitrogen functional groups attached to an aromatic ring is 1. The molecule has 3 N–H and O–H groups in total. The van der Waals surface area contributed by atoms with Gasteiger partial charge in [0.05, 0.1) is 25.6 Å². The largest absolute Gasteiger partial charge is 0.493 e. The Morgan fingerprint density at radius 1 is 1.03 bits per heavy atom. The normalized spacial score (nSPS) is 13.7. The fraction of sp³-hybridized carbons (Fsp3) is 0.320. The number of carbonyl (C=O) groups is 1. The summed E-state index contributed by atoms with van der Waals surface area (Å²) in [5.74, 6) is 1.01. The standard InChI is InChI=1S/C25H26N4O3S2/c1-31-19-10-9-15(12-20(19)32-2)18-13-33-25(28-18)29-23(30)22-21(26)16-11-14-7-5-3-4-6-8-17(14)27-24(16)34-22/h9-13H,3-8,26H2,1-2H3,(H,28,29,30). The van der Waals surface area contributed by atoms with Gasteiger partial charge in [0, 0.05) is 22.0 Å². The lowest BCUT2D eigenvalue weighted by Gasteiger charge is -2.12. The molecule has 0 atom stereocenters. The van der Waals surface area contributed by atoms with Gasteiger partial charge in [-0.25, -0.2) is 9.97 Å². The number of rotatable bonds is 5.